The van der Waals surface area contributed by atoms with Crippen LogP contribution in [0.25, 0.3) is 0 Å². The molecule has 0 aromatic rings. The molecule has 0 spiro atoms. The molecule has 0 saturated carbocycles. The highest BCUT2D eigenvalue weighted by molar-refractivity contribution is 9.11. The van der Waals surface area contributed by atoms with Crippen LogP contribution in [0.15, 0.2) is 51.3 Å². The van der Waals surface area contributed by atoms with Crippen molar-refractivity contribution in [2.75, 3.05) is 0 Å². The normalized spacial score (nSPS) is 17.0. The molecule has 3 heteroatoms. The molecule has 17 heavy (non-hydrogen) atoms. The maximum atomic E-state index is 5.81. The van der Waals surface area contributed by atoms with Gasteiger partial charge in [-0.2, -0.15) is 0 Å². The van der Waals surface area contributed by atoms with E-state index in [1.165, 1.54) is 0 Å². The van der Waals surface area contributed by atoms with E-state index in [2.05, 4.69) is 33.6 Å². The van der Waals surface area contributed by atoms with Gasteiger partial charge in [-0.15, -0.1) is 0 Å². The Bertz CT molecular complexity index is 414. The van der Waals surface area contributed by atoms with Gasteiger partial charge in [-0.3, -0.25) is 4.99 Å². The Morgan fingerprint density at radius 3 is 2.76 bits per heavy atom. The Morgan fingerprint density at radius 2 is 2.24 bits per heavy atom. The van der Waals surface area contributed by atoms with Gasteiger partial charge >= 0.3 is 0 Å². The zero-order valence-corrected chi connectivity index (χ0v) is 12.1. The van der Waals surface area contributed by atoms with Crippen LogP contribution in [-0.4, -0.2) is 12.3 Å². The molecule has 0 saturated heterocycles. The first-order valence-corrected chi connectivity index (χ1v) is 6.46. The van der Waals surface area contributed by atoms with Gasteiger partial charge in [-0.1, -0.05) is 34.7 Å². The minimum absolute atomic E-state index is 0.118. The molecule has 0 aromatic heterocycles. The van der Waals surface area contributed by atoms with E-state index in [9.17, 15) is 0 Å². The van der Waals surface area contributed by atoms with Gasteiger partial charge in [0.05, 0.1) is 6.10 Å². The second-order valence-corrected chi connectivity index (χ2v) is 4.94. The molecule has 0 N–H and O–H groups in total. The zero-order chi connectivity index (χ0) is 12.8. The molecule has 92 valence electrons. The highest BCUT2D eigenvalue weighted by Gasteiger charge is 2.13. The fourth-order valence-electron chi connectivity index (χ4n) is 1.51. The summed E-state index contributed by atoms with van der Waals surface area (Å²) in [6.45, 7) is 9.73. The van der Waals surface area contributed by atoms with Crippen molar-refractivity contribution in [3.8, 4) is 0 Å². The van der Waals surface area contributed by atoms with E-state index in [0.717, 1.165) is 27.9 Å². The summed E-state index contributed by atoms with van der Waals surface area (Å²) < 4.78 is 6.89. The van der Waals surface area contributed by atoms with Gasteiger partial charge in [-0.25, -0.2) is 0 Å². The fourth-order valence-corrected chi connectivity index (χ4v) is 1.88. The van der Waals surface area contributed by atoms with Gasteiger partial charge in [0, 0.05) is 10.7 Å². The van der Waals surface area contributed by atoms with Crippen LogP contribution in [0.2, 0.25) is 0 Å². The van der Waals surface area contributed by atoms with E-state index >= 15 is 0 Å². The van der Waals surface area contributed by atoms with Crippen LogP contribution in [0, 0.1) is 0 Å². The van der Waals surface area contributed by atoms with Gasteiger partial charge < -0.3 is 4.74 Å². The summed E-state index contributed by atoms with van der Waals surface area (Å²) in [4.78, 5) is 4.39. The number of nitrogens with zero attached hydrogens (tertiary/aromatic N) is 1. The summed E-state index contributed by atoms with van der Waals surface area (Å²) in [6.07, 6.45) is 8.60. The van der Waals surface area contributed by atoms with Crippen molar-refractivity contribution < 1.29 is 4.74 Å². The molecule has 0 heterocycles. The number of allylic oxidation sites excluding steroid dienone is 4. The van der Waals surface area contributed by atoms with Crippen molar-refractivity contribution in [1.82, 2.24) is 0 Å². The van der Waals surface area contributed by atoms with Gasteiger partial charge in [0.25, 0.3) is 0 Å². The third-order valence-corrected chi connectivity index (χ3v) is 2.70. The van der Waals surface area contributed by atoms with E-state index in [4.69, 9.17) is 4.74 Å². The summed E-state index contributed by atoms with van der Waals surface area (Å²) in [5.41, 5.74) is 1.84. The number of ether oxygens (including phenoxy) is 1. The summed E-state index contributed by atoms with van der Waals surface area (Å²) >= 11 is 3.52. The van der Waals surface area contributed by atoms with Gasteiger partial charge in [0.1, 0.15) is 11.5 Å². The van der Waals surface area contributed by atoms with E-state index in [-0.39, 0.29) is 6.10 Å². The van der Waals surface area contributed by atoms with E-state index < -0.39 is 0 Å². The molecule has 1 aliphatic rings. The molecule has 1 rings (SSSR count). The summed E-state index contributed by atoms with van der Waals surface area (Å²) in [7, 11) is 0. The monoisotopic (exact) mass is 295 g/mol. The highest BCUT2D eigenvalue weighted by atomic mass is 79.9. The Balaban J connectivity index is 3.28. The van der Waals surface area contributed by atoms with E-state index in [1.807, 2.05) is 32.9 Å². The molecule has 0 bridgehead atoms. The van der Waals surface area contributed by atoms with Crippen molar-refractivity contribution >= 4 is 22.1 Å². The molecule has 0 fully saturated rings. The maximum Gasteiger partial charge on any atom is 0.146 e. The zero-order valence-electron chi connectivity index (χ0n) is 10.5. The molecule has 0 aromatic carbocycles. The Kier molecular flexibility index (Phi) is 5.42. The van der Waals surface area contributed by atoms with Crippen LogP contribution in [-0.2, 0) is 4.74 Å². The summed E-state index contributed by atoms with van der Waals surface area (Å²) in [6, 6.07) is 0. The number of hydrogen-bond donors (Lipinski definition) is 0. The SMILES string of the molecule is C=CC1=CCC(Br)=CC(OC(C)C)=C1/N=C\C. The average Bonchev–Trinajstić information content (AvgIpc) is 2.39. The predicted octanol–water partition coefficient (Wildman–Crippen LogP) is 4.51. The summed E-state index contributed by atoms with van der Waals surface area (Å²) in [5, 5.41) is 0. The lowest BCUT2D eigenvalue weighted by Crippen LogP contribution is -2.03. The van der Waals surface area contributed by atoms with Crippen LogP contribution < -0.4 is 0 Å². The molecule has 1 aliphatic carbocycles. The smallest absolute Gasteiger partial charge is 0.146 e. The van der Waals surface area contributed by atoms with Crippen molar-refractivity contribution in [2.24, 2.45) is 4.99 Å². The molecule has 0 amide bonds. The van der Waals surface area contributed by atoms with Crippen molar-refractivity contribution in [3.05, 3.63) is 46.3 Å². The molecule has 0 aliphatic heterocycles. The first-order valence-electron chi connectivity index (χ1n) is 5.67. The van der Waals surface area contributed by atoms with Crippen molar-refractivity contribution in [3.63, 3.8) is 0 Å². The largest absolute Gasteiger partial charge is 0.489 e. The standard InChI is InChI=1S/C14H18BrNO/c1-5-11-7-8-12(15)9-13(17-10(3)4)14(11)16-6-2/h5-7,9-10H,1,8H2,2-4H3/b16-6-. The lowest BCUT2D eigenvalue weighted by Gasteiger charge is -2.13. The molecule has 0 unspecified atom stereocenters. The second-order valence-electron chi connectivity index (χ2n) is 3.93. The Labute approximate surface area is 112 Å². The van der Waals surface area contributed by atoms with Crippen LogP contribution >= 0.6 is 15.9 Å². The third-order valence-electron chi connectivity index (χ3n) is 2.15. The Morgan fingerprint density at radius 1 is 1.53 bits per heavy atom. The molecule has 0 radical (unpaired) electrons. The molecular formula is C14H18BrNO. The minimum atomic E-state index is 0.118. The number of rotatable bonds is 4. The predicted molar refractivity (Wildman–Crippen MR) is 77.3 cm³/mol. The van der Waals surface area contributed by atoms with Gasteiger partial charge in [0.15, 0.2) is 0 Å². The highest BCUT2D eigenvalue weighted by Crippen LogP contribution is 2.28. The maximum absolute atomic E-state index is 5.81. The molecule has 0 atom stereocenters. The number of hydrogen-bond acceptors (Lipinski definition) is 2. The van der Waals surface area contributed by atoms with Crippen LogP contribution in [0.3, 0.4) is 0 Å². The molecular weight excluding hydrogens is 278 g/mol. The quantitative estimate of drug-likeness (QED) is 0.699. The topological polar surface area (TPSA) is 21.6 Å². The summed E-state index contributed by atoms with van der Waals surface area (Å²) in [5.74, 6) is 0.786. The average molecular weight is 296 g/mol. The van der Waals surface area contributed by atoms with Gasteiger partial charge in [0.2, 0.25) is 0 Å². The first kappa shape index (κ1) is 14.0. The van der Waals surface area contributed by atoms with E-state index in [0.29, 0.717) is 0 Å². The van der Waals surface area contributed by atoms with Gasteiger partial charge in [-0.05, 0) is 38.8 Å². The molecule has 2 nitrogen and oxygen atoms in total. The number of aliphatic imine (C=N–C) groups is 1. The van der Waals surface area contributed by atoms with Crippen molar-refractivity contribution in [1.29, 1.82) is 0 Å². The second kappa shape index (κ2) is 6.60. The first-order chi connectivity index (χ1) is 8.08. The van der Waals surface area contributed by atoms with E-state index in [1.54, 1.807) is 6.21 Å². The minimum Gasteiger partial charge on any atom is -0.489 e. The van der Waals surface area contributed by atoms with Crippen LogP contribution in [0.4, 0.5) is 0 Å². The number of halogens is 1. The van der Waals surface area contributed by atoms with Crippen LogP contribution in [0.5, 0.6) is 0 Å². The lowest BCUT2D eigenvalue weighted by molar-refractivity contribution is 0.155. The fraction of sp³-hybridized carbons (Fsp3) is 0.357. The third kappa shape index (κ3) is 4.00. The Hall–Kier alpha value is -1.09. The van der Waals surface area contributed by atoms with Crippen molar-refractivity contribution in [2.45, 2.75) is 33.3 Å². The van der Waals surface area contributed by atoms with Crippen LogP contribution in [0.1, 0.15) is 27.2 Å². The lowest BCUT2D eigenvalue weighted by atomic mass is 10.1.